The van der Waals surface area contributed by atoms with E-state index in [0.717, 1.165) is 0 Å². The van der Waals surface area contributed by atoms with Crippen LogP contribution in [0.3, 0.4) is 0 Å². The van der Waals surface area contributed by atoms with Crippen molar-refractivity contribution in [2.24, 2.45) is 0 Å². The van der Waals surface area contributed by atoms with Gasteiger partial charge in [-0.25, -0.2) is 9.18 Å². The normalized spacial score (nSPS) is 11.8. The van der Waals surface area contributed by atoms with Gasteiger partial charge in [-0.05, 0) is 42.8 Å². The molecule has 21 heavy (non-hydrogen) atoms. The van der Waals surface area contributed by atoms with E-state index in [-0.39, 0.29) is 5.02 Å². The quantitative estimate of drug-likeness (QED) is 0.796. The lowest BCUT2D eigenvalue weighted by molar-refractivity contribution is 0.199. The van der Waals surface area contributed by atoms with E-state index in [1.807, 2.05) is 0 Å². The van der Waals surface area contributed by atoms with Crippen molar-refractivity contribution in [1.82, 2.24) is 0 Å². The topological polar surface area (TPSA) is 61.4 Å². The molecule has 2 amide bonds. The van der Waals surface area contributed by atoms with E-state index in [9.17, 15) is 14.3 Å². The first-order chi connectivity index (χ1) is 9.95. The minimum Gasteiger partial charge on any atom is -0.389 e. The van der Waals surface area contributed by atoms with Crippen LogP contribution in [0.25, 0.3) is 0 Å². The SMILES string of the molecule is CC(O)c1cccc(NC(=O)Nc2ccc(F)c(Cl)c2)c1. The maximum Gasteiger partial charge on any atom is 0.323 e. The third kappa shape index (κ3) is 4.18. The number of rotatable bonds is 3. The fraction of sp³-hybridized carbons (Fsp3) is 0.133. The van der Waals surface area contributed by atoms with Crippen LogP contribution in [0.1, 0.15) is 18.6 Å². The molecule has 0 fully saturated rings. The zero-order valence-corrected chi connectivity index (χ0v) is 12.0. The number of urea groups is 1. The van der Waals surface area contributed by atoms with Crippen LogP contribution in [-0.2, 0) is 0 Å². The molecule has 3 N–H and O–H groups in total. The molecule has 2 aromatic rings. The summed E-state index contributed by atoms with van der Waals surface area (Å²) in [6.45, 7) is 1.64. The fourth-order valence-corrected chi connectivity index (χ4v) is 1.92. The maximum atomic E-state index is 13.0. The van der Waals surface area contributed by atoms with E-state index in [1.54, 1.807) is 31.2 Å². The lowest BCUT2D eigenvalue weighted by atomic mass is 10.1. The van der Waals surface area contributed by atoms with E-state index in [2.05, 4.69) is 10.6 Å². The van der Waals surface area contributed by atoms with Gasteiger partial charge in [0.1, 0.15) is 5.82 Å². The number of aliphatic hydroxyl groups is 1. The molecule has 110 valence electrons. The Hall–Kier alpha value is -2.11. The van der Waals surface area contributed by atoms with Crippen molar-refractivity contribution in [3.05, 3.63) is 58.9 Å². The molecule has 0 spiro atoms. The van der Waals surface area contributed by atoms with Gasteiger partial charge in [-0.2, -0.15) is 0 Å². The highest BCUT2D eigenvalue weighted by atomic mass is 35.5. The van der Waals surface area contributed by atoms with Crippen molar-refractivity contribution in [2.45, 2.75) is 13.0 Å². The highest BCUT2D eigenvalue weighted by molar-refractivity contribution is 6.31. The van der Waals surface area contributed by atoms with Gasteiger partial charge >= 0.3 is 6.03 Å². The number of benzene rings is 2. The van der Waals surface area contributed by atoms with Crippen LogP contribution in [0.4, 0.5) is 20.6 Å². The lowest BCUT2D eigenvalue weighted by Crippen LogP contribution is -2.19. The molecular formula is C15H14ClFN2O2. The van der Waals surface area contributed by atoms with E-state index < -0.39 is 18.0 Å². The smallest absolute Gasteiger partial charge is 0.323 e. The summed E-state index contributed by atoms with van der Waals surface area (Å²) in [6, 6.07) is 10.3. The Morgan fingerprint density at radius 3 is 2.48 bits per heavy atom. The average molecular weight is 309 g/mol. The third-order valence-electron chi connectivity index (χ3n) is 2.80. The molecule has 0 radical (unpaired) electrons. The number of halogens is 2. The zero-order valence-electron chi connectivity index (χ0n) is 11.2. The summed E-state index contributed by atoms with van der Waals surface area (Å²) >= 11 is 5.64. The van der Waals surface area contributed by atoms with Gasteiger partial charge in [-0.3, -0.25) is 0 Å². The molecule has 1 atom stereocenters. The molecule has 0 bridgehead atoms. The van der Waals surface area contributed by atoms with Crippen molar-refractivity contribution in [3.63, 3.8) is 0 Å². The fourth-order valence-electron chi connectivity index (χ4n) is 1.74. The van der Waals surface area contributed by atoms with Gasteiger partial charge < -0.3 is 15.7 Å². The van der Waals surface area contributed by atoms with Gasteiger partial charge in [-0.1, -0.05) is 23.7 Å². The standard InChI is InChI=1S/C15H14ClFN2O2/c1-9(20)10-3-2-4-11(7-10)18-15(21)19-12-5-6-14(17)13(16)8-12/h2-9,20H,1H3,(H2,18,19,21). The van der Waals surface area contributed by atoms with Crippen LogP contribution < -0.4 is 10.6 Å². The van der Waals surface area contributed by atoms with Crippen LogP contribution in [0.5, 0.6) is 0 Å². The van der Waals surface area contributed by atoms with E-state index in [0.29, 0.717) is 16.9 Å². The Bertz CT molecular complexity index is 662. The van der Waals surface area contributed by atoms with E-state index in [1.165, 1.54) is 18.2 Å². The molecular weight excluding hydrogens is 295 g/mol. The summed E-state index contributed by atoms with van der Waals surface area (Å²) in [5, 5.41) is 14.6. The monoisotopic (exact) mass is 308 g/mol. The number of hydrogen-bond acceptors (Lipinski definition) is 2. The molecule has 1 unspecified atom stereocenters. The van der Waals surface area contributed by atoms with Gasteiger partial charge in [0, 0.05) is 11.4 Å². The van der Waals surface area contributed by atoms with Gasteiger partial charge in [-0.15, -0.1) is 0 Å². The zero-order chi connectivity index (χ0) is 15.4. The number of anilines is 2. The van der Waals surface area contributed by atoms with Gasteiger partial charge in [0.2, 0.25) is 0 Å². The van der Waals surface area contributed by atoms with Crippen molar-refractivity contribution in [3.8, 4) is 0 Å². The lowest BCUT2D eigenvalue weighted by Gasteiger charge is -2.10. The molecule has 0 saturated heterocycles. The van der Waals surface area contributed by atoms with Crippen LogP contribution in [0, 0.1) is 5.82 Å². The number of hydrogen-bond donors (Lipinski definition) is 3. The average Bonchev–Trinajstić information content (AvgIpc) is 2.43. The summed E-state index contributed by atoms with van der Waals surface area (Å²) in [4.78, 5) is 11.8. The predicted octanol–water partition coefficient (Wildman–Crippen LogP) is 4.18. The maximum absolute atomic E-state index is 13.0. The Balaban J connectivity index is 2.04. The number of aliphatic hydroxyl groups excluding tert-OH is 1. The Morgan fingerprint density at radius 1 is 1.19 bits per heavy atom. The first kappa shape index (κ1) is 15.3. The molecule has 0 aliphatic carbocycles. The molecule has 0 aromatic heterocycles. The third-order valence-corrected chi connectivity index (χ3v) is 3.09. The summed E-state index contributed by atoms with van der Waals surface area (Å²) in [6.07, 6.45) is -0.620. The predicted molar refractivity (Wildman–Crippen MR) is 81.1 cm³/mol. The van der Waals surface area contributed by atoms with Crippen LogP contribution in [-0.4, -0.2) is 11.1 Å². The Labute approximate surface area is 126 Å². The summed E-state index contributed by atoms with van der Waals surface area (Å²) in [5.41, 5.74) is 1.61. The highest BCUT2D eigenvalue weighted by Gasteiger charge is 2.07. The van der Waals surface area contributed by atoms with E-state index >= 15 is 0 Å². The van der Waals surface area contributed by atoms with E-state index in [4.69, 9.17) is 11.6 Å². The largest absolute Gasteiger partial charge is 0.389 e. The summed E-state index contributed by atoms with van der Waals surface area (Å²) in [5.74, 6) is -0.549. The first-order valence-corrected chi connectivity index (χ1v) is 6.64. The van der Waals surface area contributed by atoms with Gasteiger partial charge in [0.05, 0.1) is 11.1 Å². The molecule has 2 aromatic carbocycles. The molecule has 2 rings (SSSR count). The molecule has 4 nitrogen and oxygen atoms in total. The number of amides is 2. The van der Waals surface area contributed by atoms with Crippen molar-refractivity contribution in [1.29, 1.82) is 0 Å². The van der Waals surface area contributed by atoms with Crippen molar-refractivity contribution < 1.29 is 14.3 Å². The van der Waals surface area contributed by atoms with Gasteiger partial charge in [0.15, 0.2) is 0 Å². The second kappa shape index (κ2) is 6.56. The number of carbonyl (C=O) groups is 1. The minimum absolute atomic E-state index is 0.0658. The highest BCUT2D eigenvalue weighted by Crippen LogP contribution is 2.20. The summed E-state index contributed by atoms with van der Waals surface area (Å²) < 4.78 is 13.0. The van der Waals surface area contributed by atoms with Crippen molar-refractivity contribution in [2.75, 3.05) is 10.6 Å². The molecule has 0 aliphatic rings. The Kier molecular flexibility index (Phi) is 4.77. The van der Waals surface area contributed by atoms with Crippen molar-refractivity contribution >= 4 is 29.0 Å². The number of nitrogens with one attached hydrogen (secondary N) is 2. The van der Waals surface area contributed by atoms with Crippen LogP contribution in [0.15, 0.2) is 42.5 Å². The first-order valence-electron chi connectivity index (χ1n) is 6.27. The second-order valence-electron chi connectivity index (χ2n) is 4.51. The minimum atomic E-state index is -0.620. The van der Waals surface area contributed by atoms with Gasteiger partial charge in [0.25, 0.3) is 0 Å². The second-order valence-corrected chi connectivity index (χ2v) is 4.92. The molecule has 0 aliphatic heterocycles. The molecule has 0 saturated carbocycles. The van der Waals surface area contributed by atoms with Crippen LogP contribution in [0.2, 0.25) is 5.02 Å². The number of carbonyl (C=O) groups excluding carboxylic acids is 1. The Morgan fingerprint density at radius 2 is 1.86 bits per heavy atom. The van der Waals surface area contributed by atoms with Crippen LogP contribution >= 0.6 is 11.6 Å². The molecule has 6 heteroatoms. The summed E-state index contributed by atoms with van der Waals surface area (Å²) in [7, 11) is 0. The molecule has 0 heterocycles.